The quantitative estimate of drug-likeness (QED) is 0.780. The van der Waals surface area contributed by atoms with Crippen LogP contribution in [0.3, 0.4) is 0 Å². The first kappa shape index (κ1) is 13.4. The monoisotopic (exact) mass is 237 g/mol. The zero-order chi connectivity index (χ0) is 12.3. The molecule has 0 aromatic heterocycles. The molecule has 0 bridgehead atoms. The minimum Gasteiger partial charge on any atom is -0.319 e. The molecule has 5 unspecified atom stereocenters. The third-order valence-corrected chi connectivity index (χ3v) is 5.68. The largest absolute Gasteiger partial charge is 0.319 e. The van der Waals surface area contributed by atoms with Gasteiger partial charge in [0.1, 0.15) is 0 Å². The number of nitrogens with one attached hydrogen (secondary N) is 1. The summed E-state index contributed by atoms with van der Waals surface area (Å²) in [6, 6.07) is 0. The summed E-state index contributed by atoms with van der Waals surface area (Å²) in [5.74, 6) is 4.98. The molecule has 17 heavy (non-hydrogen) atoms. The number of rotatable bonds is 3. The Morgan fingerprint density at radius 1 is 0.941 bits per heavy atom. The lowest BCUT2D eigenvalue weighted by Crippen LogP contribution is -2.36. The van der Waals surface area contributed by atoms with Crippen molar-refractivity contribution >= 4 is 0 Å². The molecule has 5 atom stereocenters. The van der Waals surface area contributed by atoms with Crippen LogP contribution in [0.5, 0.6) is 0 Å². The molecule has 0 aliphatic heterocycles. The van der Waals surface area contributed by atoms with Gasteiger partial charge in [0.2, 0.25) is 0 Å². The van der Waals surface area contributed by atoms with Crippen LogP contribution < -0.4 is 5.32 Å². The molecule has 2 fully saturated rings. The SMILES string of the molecule is CNCC1CCCCC1C1CCC(C)C(C)C1. The van der Waals surface area contributed by atoms with Gasteiger partial charge in [0.15, 0.2) is 0 Å². The molecule has 100 valence electrons. The maximum Gasteiger partial charge on any atom is -0.00208 e. The first-order valence-corrected chi connectivity index (χ1v) is 7.87. The standard InChI is InChI=1S/C16H31N/c1-12-8-9-14(10-13(12)2)16-7-5-4-6-15(16)11-17-3/h12-17H,4-11H2,1-3H3. The summed E-state index contributed by atoms with van der Waals surface area (Å²) in [6.45, 7) is 6.19. The normalized spacial score (nSPS) is 43.6. The van der Waals surface area contributed by atoms with Crippen LogP contribution >= 0.6 is 0 Å². The van der Waals surface area contributed by atoms with Gasteiger partial charge < -0.3 is 5.32 Å². The Morgan fingerprint density at radius 2 is 1.71 bits per heavy atom. The molecule has 2 saturated carbocycles. The highest BCUT2D eigenvalue weighted by molar-refractivity contribution is 4.86. The van der Waals surface area contributed by atoms with Crippen LogP contribution in [0, 0.1) is 29.6 Å². The number of hydrogen-bond donors (Lipinski definition) is 1. The lowest BCUT2D eigenvalue weighted by Gasteiger charge is -2.42. The summed E-state index contributed by atoms with van der Waals surface area (Å²) < 4.78 is 0. The summed E-state index contributed by atoms with van der Waals surface area (Å²) in [5, 5.41) is 3.43. The van der Waals surface area contributed by atoms with Crippen LogP contribution in [0.15, 0.2) is 0 Å². The minimum atomic E-state index is 0.964. The van der Waals surface area contributed by atoms with Gasteiger partial charge in [0.25, 0.3) is 0 Å². The molecule has 2 aliphatic rings. The Bertz CT molecular complexity index is 224. The molecule has 0 spiro atoms. The van der Waals surface area contributed by atoms with Gasteiger partial charge >= 0.3 is 0 Å². The van der Waals surface area contributed by atoms with E-state index >= 15 is 0 Å². The van der Waals surface area contributed by atoms with Crippen molar-refractivity contribution in [1.29, 1.82) is 0 Å². The lowest BCUT2D eigenvalue weighted by atomic mass is 9.64. The second-order valence-electron chi connectivity index (χ2n) is 6.79. The molecule has 1 N–H and O–H groups in total. The van der Waals surface area contributed by atoms with Crippen molar-refractivity contribution in [3.63, 3.8) is 0 Å². The second-order valence-corrected chi connectivity index (χ2v) is 6.79. The van der Waals surface area contributed by atoms with Gasteiger partial charge in [0, 0.05) is 0 Å². The Balaban J connectivity index is 1.94. The topological polar surface area (TPSA) is 12.0 Å². The summed E-state index contributed by atoms with van der Waals surface area (Å²) in [7, 11) is 2.12. The summed E-state index contributed by atoms with van der Waals surface area (Å²) >= 11 is 0. The third kappa shape index (κ3) is 3.24. The van der Waals surface area contributed by atoms with Crippen LogP contribution in [0.4, 0.5) is 0 Å². The molecule has 1 heteroatoms. The smallest absolute Gasteiger partial charge is 0.00208 e. The summed E-state index contributed by atoms with van der Waals surface area (Å²) in [4.78, 5) is 0. The van der Waals surface area contributed by atoms with Crippen LogP contribution in [-0.2, 0) is 0 Å². The van der Waals surface area contributed by atoms with E-state index in [1.54, 1.807) is 0 Å². The maximum absolute atomic E-state index is 3.43. The molecular weight excluding hydrogens is 206 g/mol. The fourth-order valence-electron chi connectivity index (χ4n) is 4.35. The van der Waals surface area contributed by atoms with Crippen molar-refractivity contribution in [3.8, 4) is 0 Å². The van der Waals surface area contributed by atoms with E-state index in [0.29, 0.717) is 0 Å². The molecule has 0 saturated heterocycles. The van der Waals surface area contributed by atoms with Gasteiger partial charge in [0.05, 0.1) is 0 Å². The third-order valence-electron chi connectivity index (χ3n) is 5.68. The van der Waals surface area contributed by atoms with Gasteiger partial charge in [-0.1, -0.05) is 33.1 Å². The van der Waals surface area contributed by atoms with E-state index in [0.717, 1.165) is 29.6 Å². The molecule has 2 aliphatic carbocycles. The predicted octanol–water partition coefficient (Wildman–Crippen LogP) is 4.08. The zero-order valence-corrected chi connectivity index (χ0v) is 12.0. The van der Waals surface area contributed by atoms with Gasteiger partial charge in [-0.3, -0.25) is 0 Å². The van der Waals surface area contributed by atoms with Crippen molar-refractivity contribution < 1.29 is 0 Å². The van der Waals surface area contributed by atoms with Gasteiger partial charge in [-0.25, -0.2) is 0 Å². The highest BCUT2D eigenvalue weighted by Crippen LogP contribution is 2.44. The van der Waals surface area contributed by atoms with E-state index in [2.05, 4.69) is 26.2 Å². The first-order chi connectivity index (χ1) is 8.22. The molecule has 0 aromatic carbocycles. The lowest BCUT2D eigenvalue weighted by molar-refractivity contribution is 0.0893. The van der Waals surface area contributed by atoms with E-state index < -0.39 is 0 Å². The van der Waals surface area contributed by atoms with E-state index in [-0.39, 0.29) is 0 Å². The molecule has 0 radical (unpaired) electrons. The Labute approximate surface area is 108 Å². The van der Waals surface area contributed by atoms with Gasteiger partial charge in [-0.05, 0) is 68.9 Å². The molecule has 1 nitrogen and oxygen atoms in total. The molecular formula is C16H31N. The zero-order valence-electron chi connectivity index (χ0n) is 12.0. The Morgan fingerprint density at radius 3 is 2.41 bits per heavy atom. The van der Waals surface area contributed by atoms with Crippen molar-refractivity contribution in [1.82, 2.24) is 5.32 Å². The van der Waals surface area contributed by atoms with Gasteiger partial charge in [-0.2, -0.15) is 0 Å². The fourth-order valence-corrected chi connectivity index (χ4v) is 4.35. The molecule has 0 amide bonds. The average molecular weight is 237 g/mol. The molecule has 2 rings (SSSR count). The van der Waals surface area contributed by atoms with Crippen molar-refractivity contribution in [2.24, 2.45) is 29.6 Å². The van der Waals surface area contributed by atoms with E-state index in [1.807, 2.05) is 0 Å². The van der Waals surface area contributed by atoms with Gasteiger partial charge in [-0.15, -0.1) is 0 Å². The Kier molecular flexibility index (Phi) is 4.90. The average Bonchev–Trinajstić information content (AvgIpc) is 2.34. The van der Waals surface area contributed by atoms with Crippen LogP contribution in [0.2, 0.25) is 0 Å². The maximum atomic E-state index is 3.43. The minimum absolute atomic E-state index is 0.964. The second kappa shape index (κ2) is 6.22. The van der Waals surface area contributed by atoms with Crippen molar-refractivity contribution in [3.05, 3.63) is 0 Å². The van der Waals surface area contributed by atoms with Crippen molar-refractivity contribution in [2.75, 3.05) is 13.6 Å². The summed E-state index contributed by atoms with van der Waals surface area (Å²) in [6.07, 6.45) is 10.5. The predicted molar refractivity (Wildman–Crippen MR) is 75.0 cm³/mol. The van der Waals surface area contributed by atoms with E-state index in [4.69, 9.17) is 0 Å². The van der Waals surface area contributed by atoms with Crippen LogP contribution in [-0.4, -0.2) is 13.6 Å². The number of hydrogen-bond acceptors (Lipinski definition) is 1. The highest BCUT2D eigenvalue weighted by atomic mass is 14.8. The molecule has 0 heterocycles. The van der Waals surface area contributed by atoms with Crippen LogP contribution in [0.25, 0.3) is 0 Å². The fraction of sp³-hybridized carbons (Fsp3) is 1.00. The van der Waals surface area contributed by atoms with E-state index in [1.165, 1.54) is 51.5 Å². The summed E-state index contributed by atoms with van der Waals surface area (Å²) in [5.41, 5.74) is 0. The molecule has 0 aromatic rings. The first-order valence-electron chi connectivity index (χ1n) is 7.87. The highest BCUT2D eigenvalue weighted by Gasteiger charge is 2.35. The van der Waals surface area contributed by atoms with Crippen molar-refractivity contribution in [2.45, 2.75) is 58.8 Å². The van der Waals surface area contributed by atoms with E-state index in [9.17, 15) is 0 Å². The Hall–Kier alpha value is -0.0400. The van der Waals surface area contributed by atoms with Crippen LogP contribution in [0.1, 0.15) is 58.8 Å².